The van der Waals surface area contributed by atoms with Crippen LogP contribution in [0.25, 0.3) is 22.6 Å². The number of aryl methyl sites for hydroxylation is 1. The monoisotopic (exact) mass is 278 g/mol. The van der Waals surface area contributed by atoms with Gasteiger partial charge in [-0.2, -0.15) is 10.2 Å². The molecular weight excluding hydrogens is 264 g/mol. The quantitative estimate of drug-likeness (QED) is 0.553. The number of nitrogen functional groups attached to an aromatic ring is 1. The summed E-state index contributed by atoms with van der Waals surface area (Å²) < 4.78 is 3.94. The first-order valence-corrected chi connectivity index (χ1v) is 6.65. The molecule has 0 aliphatic heterocycles. The maximum Gasteiger partial charge on any atom is 0.140 e. The third-order valence-corrected chi connectivity index (χ3v) is 3.61. The summed E-state index contributed by atoms with van der Waals surface area (Å²) in [7, 11) is 0. The van der Waals surface area contributed by atoms with Gasteiger partial charge in [-0.25, -0.2) is 4.52 Å². The molecule has 104 valence electrons. The molecule has 6 heteroatoms. The molecule has 1 aromatic carbocycles. The number of aromatic nitrogens is 5. The molecular formula is C15H14N6. The largest absolute Gasteiger partial charge is 0.399 e. The van der Waals surface area contributed by atoms with Crippen molar-refractivity contribution in [2.45, 2.75) is 6.92 Å². The van der Waals surface area contributed by atoms with E-state index in [1.165, 1.54) is 0 Å². The zero-order valence-corrected chi connectivity index (χ0v) is 11.5. The summed E-state index contributed by atoms with van der Waals surface area (Å²) in [6.45, 7) is 2.07. The summed E-state index contributed by atoms with van der Waals surface area (Å²) in [4.78, 5) is 0. The normalized spacial score (nSPS) is 11.3. The van der Waals surface area contributed by atoms with Gasteiger partial charge in [0, 0.05) is 35.9 Å². The van der Waals surface area contributed by atoms with Crippen LogP contribution in [0.5, 0.6) is 0 Å². The van der Waals surface area contributed by atoms with Gasteiger partial charge in [0.25, 0.3) is 0 Å². The van der Waals surface area contributed by atoms with Crippen LogP contribution in [0.3, 0.4) is 0 Å². The summed E-state index contributed by atoms with van der Waals surface area (Å²) in [6, 6.07) is 7.94. The highest BCUT2D eigenvalue weighted by atomic mass is 15.3. The minimum Gasteiger partial charge on any atom is -0.399 e. The predicted molar refractivity (Wildman–Crippen MR) is 81.3 cm³/mol. The van der Waals surface area contributed by atoms with Crippen molar-refractivity contribution in [2.75, 3.05) is 5.73 Å². The van der Waals surface area contributed by atoms with Gasteiger partial charge in [0.1, 0.15) is 5.65 Å². The second kappa shape index (κ2) is 4.24. The summed E-state index contributed by atoms with van der Waals surface area (Å²) in [5.41, 5.74) is 11.7. The Morgan fingerprint density at radius 3 is 2.90 bits per heavy atom. The summed E-state index contributed by atoms with van der Waals surface area (Å²) in [6.07, 6.45) is 7.51. The Kier molecular flexibility index (Phi) is 2.38. The molecule has 21 heavy (non-hydrogen) atoms. The predicted octanol–water partition coefficient (Wildman–Crippen LogP) is 2.41. The van der Waals surface area contributed by atoms with E-state index in [0.717, 1.165) is 33.8 Å². The molecule has 0 radical (unpaired) electrons. The summed E-state index contributed by atoms with van der Waals surface area (Å²) in [5, 5.41) is 11.3. The van der Waals surface area contributed by atoms with Gasteiger partial charge in [-0.15, -0.1) is 0 Å². The number of nitrogens with zero attached hydrogens (tertiary/aromatic N) is 4. The number of H-pyrrole nitrogens is 1. The number of nitrogens with two attached hydrogens (primary N) is 1. The smallest absolute Gasteiger partial charge is 0.140 e. The minimum absolute atomic E-state index is 0.747. The Balaban J connectivity index is 1.92. The SMILES string of the molecule is Cc1ccc(N)cc1-n1ccn2nc(-c3cn[nH]c3)cc12. The van der Waals surface area contributed by atoms with E-state index in [-0.39, 0.29) is 0 Å². The van der Waals surface area contributed by atoms with Gasteiger partial charge in [-0.05, 0) is 24.6 Å². The Labute approximate surface area is 120 Å². The van der Waals surface area contributed by atoms with Crippen LogP contribution in [0, 0.1) is 6.92 Å². The van der Waals surface area contributed by atoms with E-state index in [1.54, 1.807) is 6.20 Å². The first-order valence-electron chi connectivity index (χ1n) is 6.65. The molecule has 0 amide bonds. The Morgan fingerprint density at radius 2 is 2.10 bits per heavy atom. The molecule has 0 aliphatic carbocycles. The first-order chi connectivity index (χ1) is 10.2. The number of rotatable bonds is 2. The molecule has 4 aromatic rings. The summed E-state index contributed by atoms with van der Waals surface area (Å²) in [5.74, 6) is 0. The van der Waals surface area contributed by atoms with Gasteiger partial charge in [0.05, 0.1) is 17.6 Å². The van der Waals surface area contributed by atoms with Crippen LogP contribution in [0.15, 0.2) is 49.1 Å². The van der Waals surface area contributed by atoms with Crippen LogP contribution in [-0.2, 0) is 0 Å². The van der Waals surface area contributed by atoms with Crippen LogP contribution >= 0.6 is 0 Å². The molecule has 0 saturated carbocycles. The summed E-state index contributed by atoms with van der Waals surface area (Å²) >= 11 is 0. The molecule has 0 bridgehead atoms. The highest BCUT2D eigenvalue weighted by molar-refractivity contribution is 5.65. The van der Waals surface area contributed by atoms with Crippen molar-refractivity contribution in [2.24, 2.45) is 0 Å². The zero-order valence-electron chi connectivity index (χ0n) is 11.5. The Hall–Kier alpha value is -3.02. The van der Waals surface area contributed by atoms with E-state index in [4.69, 9.17) is 5.73 Å². The van der Waals surface area contributed by atoms with Gasteiger partial charge < -0.3 is 5.73 Å². The second-order valence-corrected chi connectivity index (χ2v) is 5.03. The Bertz CT molecular complexity index is 913. The van der Waals surface area contributed by atoms with Crippen LogP contribution in [0.4, 0.5) is 5.69 Å². The molecule has 0 atom stereocenters. The maximum absolute atomic E-state index is 5.91. The molecule has 0 unspecified atom stereocenters. The average molecular weight is 278 g/mol. The first kappa shape index (κ1) is 11.8. The van der Waals surface area contributed by atoms with Crippen molar-refractivity contribution in [1.29, 1.82) is 0 Å². The molecule has 3 heterocycles. The third-order valence-electron chi connectivity index (χ3n) is 3.61. The van der Waals surface area contributed by atoms with E-state index in [1.807, 2.05) is 47.4 Å². The van der Waals surface area contributed by atoms with Crippen molar-refractivity contribution in [1.82, 2.24) is 24.4 Å². The molecule has 0 spiro atoms. The maximum atomic E-state index is 5.91. The fourth-order valence-electron chi connectivity index (χ4n) is 2.50. The van der Waals surface area contributed by atoms with E-state index in [2.05, 4.69) is 26.8 Å². The van der Waals surface area contributed by atoms with Gasteiger partial charge in [0.15, 0.2) is 0 Å². The van der Waals surface area contributed by atoms with Crippen LogP contribution in [0.2, 0.25) is 0 Å². The van der Waals surface area contributed by atoms with Crippen molar-refractivity contribution < 1.29 is 0 Å². The number of anilines is 1. The lowest BCUT2D eigenvalue weighted by molar-refractivity contribution is 0.968. The molecule has 0 saturated heterocycles. The molecule has 3 aromatic heterocycles. The highest BCUT2D eigenvalue weighted by Crippen LogP contribution is 2.24. The van der Waals surface area contributed by atoms with Gasteiger partial charge in [-0.1, -0.05) is 6.07 Å². The molecule has 0 aliphatic rings. The number of hydrogen-bond donors (Lipinski definition) is 2. The van der Waals surface area contributed by atoms with Gasteiger partial charge >= 0.3 is 0 Å². The number of nitrogens with one attached hydrogen (secondary N) is 1. The van der Waals surface area contributed by atoms with Crippen molar-refractivity contribution >= 4 is 11.3 Å². The van der Waals surface area contributed by atoms with Crippen molar-refractivity contribution in [3.63, 3.8) is 0 Å². The third kappa shape index (κ3) is 1.80. The van der Waals surface area contributed by atoms with Gasteiger partial charge in [-0.3, -0.25) is 9.67 Å². The lowest BCUT2D eigenvalue weighted by Gasteiger charge is -2.08. The molecule has 4 rings (SSSR count). The minimum atomic E-state index is 0.747. The topological polar surface area (TPSA) is 76.9 Å². The number of aromatic amines is 1. The van der Waals surface area contributed by atoms with E-state index in [0.29, 0.717) is 0 Å². The Morgan fingerprint density at radius 1 is 1.19 bits per heavy atom. The van der Waals surface area contributed by atoms with Crippen LogP contribution in [-0.4, -0.2) is 24.4 Å². The standard InChI is InChI=1S/C15H14N6/c1-10-2-3-12(16)6-14(10)20-4-5-21-15(20)7-13(19-21)11-8-17-18-9-11/h2-9H,16H2,1H3,(H,17,18). The lowest BCUT2D eigenvalue weighted by Crippen LogP contribution is -1.97. The van der Waals surface area contributed by atoms with E-state index in [9.17, 15) is 0 Å². The number of benzene rings is 1. The van der Waals surface area contributed by atoms with Crippen molar-refractivity contribution in [3.8, 4) is 16.9 Å². The average Bonchev–Trinajstić information content (AvgIpc) is 3.15. The van der Waals surface area contributed by atoms with Gasteiger partial charge in [0.2, 0.25) is 0 Å². The number of imidazole rings is 1. The molecule has 6 nitrogen and oxygen atoms in total. The lowest BCUT2D eigenvalue weighted by atomic mass is 10.2. The van der Waals surface area contributed by atoms with E-state index >= 15 is 0 Å². The second-order valence-electron chi connectivity index (χ2n) is 5.03. The van der Waals surface area contributed by atoms with E-state index < -0.39 is 0 Å². The fourth-order valence-corrected chi connectivity index (χ4v) is 2.50. The number of hydrogen-bond acceptors (Lipinski definition) is 3. The zero-order chi connectivity index (χ0) is 14.4. The highest BCUT2D eigenvalue weighted by Gasteiger charge is 2.11. The molecule has 3 N–H and O–H groups in total. The number of fused-ring (bicyclic) bond motifs is 1. The molecule has 0 fully saturated rings. The van der Waals surface area contributed by atoms with Crippen LogP contribution < -0.4 is 5.73 Å². The fraction of sp³-hybridized carbons (Fsp3) is 0.0667. The van der Waals surface area contributed by atoms with Crippen molar-refractivity contribution in [3.05, 3.63) is 54.6 Å². The van der Waals surface area contributed by atoms with Crippen LogP contribution in [0.1, 0.15) is 5.56 Å².